The zero-order valence-corrected chi connectivity index (χ0v) is 8.01. The summed E-state index contributed by atoms with van der Waals surface area (Å²) in [4.78, 5) is 8.89. The van der Waals surface area contributed by atoms with Crippen molar-refractivity contribution in [1.82, 2.24) is 0 Å². The molecule has 0 N–H and O–H groups in total. The predicted octanol–water partition coefficient (Wildman–Crippen LogP) is 1.41. The van der Waals surface area contributed by atoms with Gasteiger partial charge in [0, 0.05) is 0 Å². The van der Waals surface area contributed by atoms with Crippen LogP contribution in [0.25, 0.3) is 0 Å². The first-order valence-electron chi connectivity index (χ1n) is 3.78. The van der Waals surface area contributed by atoms with E-state index in [1.54, 1.807) is 27.7 Å². The van der Waals surface area contributed by atoms with Crippen LogP contribution in [-0.4, -0.2) is 12.2 Å². The molecule has 0 aromatic rings. The molecular formula is C6H14O7. The van der Waals surface area contributed by atoms with Crippen LogP contribution >= 0.6 is 0 Å². The molecule has 0 aromatic carbocycles. The topological polar surface area (TPSA) is 64.6 Å². The Bertz CT molecular complexity index is 93.2. The summed E-state index contributed by atoms with van der Waals surface area (Å²) in [6.45, 7) is 6.95. The molecule has 0 aliphatic heterocycles. The minimum Gasteiger partial charge on any atom is -0.201 e. The fraction of sp³-hybridized carbons (Fsp3) is 1.00. The summed E-state index contributed by atoms with van der Waals surface area (Å²) in [7, 11) is 0. The molecule has 0 unspecified atom stereocenters. The third-order valence-corrected chi connectivity index (χ3v) is 0.575. The van der Waals surface area contributed by atoms with Gasteiger partial charge in [-0.15, -0.1) is 0 Å². The van der Waals surface area contributed by atoms with E-state index in [-0.39, 0.29) is 12.2 Å². The van der Waals surface area contributed by atoms with Gasteiger partial charge < -0.3 is 0 Å². The van der Waals surface area contributed by atoms with E-state index in [1.807, 2.05) is 0 Å². The van der Waals surface area contributed by atoms with Crippen molar-refractivity contribution in [1.29, 1.82) is 0 Å². The second kappa shape index (κ2) is 8.32. The van der Waals surface area contributed by atoms with E-state index in [4.69, 9.17) is 0 Å². The van der Waals surface area contributed by atoms with E-state index in [0.29, 0.717) is 0 Å². The van der Waals surface area contributed by atoms with Gasteiger partial charge >= 0.3 is 0 Å². The van der Waals surface area contributed by atoms with Crippen LogP contribution in [0.4, 0.5) is 0 Å². The van der Waals surface area contributed by atoms with Crippen LogP contribution in [0.15, 0.2) is 0 Å². The van der Waals surface area contributed by atoms with Gasteiger partial charge in [0.1, 0.15) is 0 Å². The van der Waals surface area contributed by atoms with Crippen LogP contribution in [0.1, 0.15) is 27.7 Å². The van der Waals surface area contributed by atoms with Gasteiger partial charge in [-0.3, -0.25) is 0 Å². The van der Waals surface area contributed by atoms with Crippen LogP contribution < -0.4 is 0 Å². The molecule has 0 saturated heterocycles. The zero-order valence-electron chi connectivity index (χ0n) is 8.01. The van der Waals surface area contributed by atoms with Crippen LogP contribution in [0, 0.1) is 0 Å². The minimum atomic E-state index is -0.156. The second-order valence-electron chi connectivity index (χ2n) is 2.63. The number of hydrogen-bond donors (Lipinski definition) is 0. The predicted molar refractivity (Wildman–Crippen MR) is 37.9 cm³/mol. The molecular weight excluding hydrogens is 184 g/mol. The maximum Gasteiger partial charge on any atom is 0.0906 e. The van der Waals surface area contributed by atoms with E-state index >= 15 is 0 Å². The van der Waals surface area contributed by atoms with E-state index in [2.05, 4.69) is 35.0 Å². The van der Waals surface area contributed by atoms with Crippen LogP contribution in [0.2, 0.25) is 0 Å². The van der Waals surface area contributed by atoms with Gasteiger partial charge in [0.15, 0.2) is 0 Å². The lowest BCUT2D eigenvalue weighted by Crippen LogP contribution is -2.08. The lowest BCUT2D eigenvalue weighted by Gasteiger charge is -2.04. The number of rotatable bonds is 8. The standard InChI is InChI=1S/C6H14O7/c1-5(2)7-9-11-13-12-10-8-6(3)4/h5-6H,1-4H3. The first-order valence-corrected chi connectivity index (χ1v) is 3.78. The minimum absolute atomic E-state index is 0.156. The molecule has 7 nitrogen and oxygen atoms in total. The maximum absolute atomic E-state index is 4.45. The highest BCUT2D eigenvalue weighted by atomic mass is 17.9. The Hall–Kier alpha value is -0.280. The molecule has 0 bridgehead atoms. The average molecular weight is 198 g/mol. The third-order valence-electron chi connectivity index (χ3n) is 0.575. The first-order chi connectivity index (χ1) is 6.13. The molecule has 0 rings (SSSR count). The molecule has 0 saturated carbocycles. The lowest BCUT2D eigenvalue weighted by molar-refractivity contribution is -0.793. The van der Waals surface area contributed by atoms with Gasteiger partial charge in [0.05, 0.1) is 12.2 Å². The average Bonchev–Trinajstić information content (AvgIpc) is 2.01. The SMILES string of the molecule is CC(C)OOOOOOOC(C)C. The summed E-state index contributed by atoms with van der Waals surface area (Å²) >= 11 is 0. The molecule has 80 valence electrons. The fourth-order valence-electron chi connectivity index (χ4n) is 0.223. The summed E-state index contributed by atoms with van der Waals surface area (Å²) in [5.41, 5.74) is 0. The normalized spacial score (nSPS) is 11.5. The maximum atomic E-state index is 4.45. The largest absolute Gasteiger partial charge is 0.201 e. The summed E-state index contributed by atoms with van der Waals surface area (Å²) in [6, 6.07) is 0. The Balaban J connectivity index is 2.92. The molecule has 0 heterocycles. The van der Waals surface area contributed by atoms with Gasteiger partial charge in [-0.1, -0.05) is 0 Å². The van der Waals surface area contributed by atoms with Gasteiger partial charge in [0.25, 0.3) is 0 Å². The van der Waals surface area contributed by atoms with E-state index in [0.717, 1.165) is 0 Å². The summed E-state index contributed by atoms with van der Waals surface area (Å²) in [6.07, 6.45) is -0.312. The van der Waals surface area contributed by atoms with Gasteiger partial charge in [0.2, 0.25) is 0 Å². The first kappa shape index (κ1) is 12.7. The van der Waals surface area contributed by atoms with Crippen molar-refractivity contribution >= 4 is 0 Å². The van der Waals surface area contributed by atoms with Crippen molar-refractivity contribution in [2.45, 2.75) is 39.9 Å². The Morgan fingerprint density at radius 3 is 1.15 bits per heavy atom. The molecule has 13 heavy (non-hydrogen) atoms. The van der Waals surface area contributed by atoms with Gasteiger partial charge in [-0.2, -0.15) is 0 Å². The third kappa shape index (κ3) is 11.7. The monoisotopic (exact) mass is 198 g/mol. The Labute approximate surface area is 75.9 Å². The van der Waals surface area contributed by atoms with E-state index in [9.17, 15) is 0 Å². The zero-order chi connectivity index (χ0) is 10.1. The molecule has 7 heteroatoms. The summed E-state index contributed by atoms with van der Waals surface area (Å²) in [5, 5.41) is 19.6. The highest BCUT2D eigenvalue weighted by Crippen LogP contribution is 1.94. The van der Waals surface area contributed by atoms with Crippen molar-refractivity contribution in [2.75, 3.05) is 0 Å². The molecule has 0 amide bonds. The Kier molecular flexibility index (Phi) is 8.14. The van der Waals surface area contributed by atoms with Crippen LogP contribution in [0.5, 0.6) is 0 Å². The summed E-state index contributed by atoms with van der Waals surface area (Å²) < 4.78 is 0. The van der Waals surface area contributed by atoms with Crippen molar-refractivity contribution < 1.29 is 35.0 Å². The quantitative estimate of drug-likeness (QED) is 0.332. The van der Waals surface area contributed by atoms with E-state index in [1.165, 1.54) is 0 Å². The van der Waals surface area contributed by atoms with Crippen LogP contribution in [-0.2, 0) is 35.0 Å². The molecule has 0 radical (unpaired) electrons. The van der Waals surface area contributed by atoms with Crippen molar-refractivity contribution in [3.05, 3.63) is 0 Å². The number of hydrogen-bond acceptors (Lipinski definition) is 7. The van der Waals surface area contributed by atoms with Crippen molar-refractivity contribution in [3.63, 3.8) is 0 Å². The highest BCUT2D eigenvalue weighted by molar-refractivity contribution is 4.25. The van der Waals surface area contributed by atoms with E-state index < -0.39 is 0 Å². The van der Waals surface area contributed by atoms with Crippen LogP contribution in [0.3, 0.4) is 0 Å². The molecule has 0 aliphatic carbocycles. The summed E-state index contributed by atoms with van der Waals surface area (Å²) in [5.74, 6) is 0. The molecule has 0 atom stereocenters. The molecule has 0 aromatic heterocycles. The van der Waals surface area contributed by atoms with Gasteiger partial charge in [-0.05, 0) is 52.9 Å². The second-order valence-corrected chi connectivity index (χ2v) is 2.63. The highest BCUT2D eigenvalue weighted by Gasteiger charge is 1.98. The van der Waals surface area contributed by atoms with Crippen molar-refractivity contribution in [3.8, 4) is 0 Å². The molecule has 0 aliphatic rings. The smallest absolute Gasteiger partial charge is 0.0906 e. The fourth-order valence-corrected chi connectivity index (χ4v) is 0.223. The van der Waals surface area contributed by atoms with Gasteiger partial charge in [-0.25, -0.2) is 9.78 Å². The molecule has 0 spiro atoms. The Morgan fingerprint density at radius 1 is 0.538 bits per heavy atom. The van der Waals surface area contributed by atoms with Crippen molar-refractivity contribution in [2.24, 2.45) is 0 Å². The lowest BCUT2D eigenvalue weighted by atomic mass is 10.5. The Morgan fingerprint density at radius 2 is 0.846 bits per heavy atom. The molecule has 0 fully saturated rings.